The topological polar surface area (TPSA) is 62.3 Å². The van der Waals surface area contributed by atoms with Crippen molar-refractivity contribution < 1.29 is 13.4 Å². The number of amides is 1. The molecular formula is C25H19ClFN3O2S. The molecule has 1 N–H and O–H groups in total. The smallest absolute Gasteiger partial charge is 0.258 e. The molecule has 4 aromatic rings. The molecule has 3 aromatic carbocycles. The number of rotatable bonds is 4. The lowest BCUT2D eigenvalue weighted by molar-refractivity contribution is 0.102. The van der Waals surface area contributed by atoms with Gasteiger partial charge in [-0.2, -0.15) is 0 Å². The van der Waals surface area contributed by atoms with E-state index in [0.717, 1.165) is 17.2 Å². The number of pyridine rings is 1. The third kappa shape index (κ3) is 4.21. The van der Waals surface area contributed by atoms with Gasteiger partial charge in [0, 0.05) is 35.1 Å². The monoisotopic (exact) mass is 479 g/mol. The SMILES string of the molecule is O=C(Nc1ccc(Cl)c(-c2nccc3ccccc23)c1)c1ccc(N2CCCS2=O)cc1F. The van der Waals surface area contributed by atoms with Gasteiger partial charge in [0.1, 0.15) is 16.8 Å². The second kappa shape index (κ2) is 8.92. The van der Waals surface area contributed by atoms with E-state index < -0.39 is 22.7 Å². The average Bonchev–Trinajstić information content (AvgIpc) is 3.25. The summed E-state index contributed by atoms with van der Waals surface area (Å²) in [4.78, 5) is 17.3. The van der Waals surface area contributed by atoms with Gasteiger partial charge in [0.25, 0.3) is 5.91 Å². The Balaban J connectivity index is 1.43. The van der Waals surface area contributed by atoms with E-state index in [-0.39, 0.29) is 5.56 Å². The number of nitrogens with zero attached hydrogens (tertiary/aromatic N) is 2. The summed E-state index contributed by atoms with van der Waals surface area (Å²) in [5.74, 6) is -0.687. The maximum atomic E-state index is 14.7. The van der Waals surface area contributed by atoms with Crippen LogP contribution in [0.5, 0.6) is 0 Å². The van der Waals surface area contributed by atoms with Crippen LogP contribution >= 0.6 is 11.6 Å². The quantitative estimate of drug-likeness (QED) is 0.401. The molecular weight excluding hydrogens is 461 g/mol. The van der Waals surface area contributed by atoms with Crippen molar-refractivity contribution in [1.29, 1.82) is 0 Å². The molecule has 1 amide bonds. The van der Waals surface area contributed by atoms with Crippen LogP contribution in [-0.2, 0) is 11.0 Å². The number of fused-ring (bicyclic) bond motifs is 1. The maximum Gasteiger partial charge on any atom is 0.258 e. The van der Waals surface area contributed by atoms with E-state index in [1.54, 1.807) is 34.8 Å². The largest absolute Gasteiger partial charge is 0.322 e. The van der Waals surface area contributed by atoms with E-state index in [1.165, 1.54) is 12.1 Å². The number of nitrogens with one attached hydrogen (secondary N) is 1. The minimum Gasteiger partial charge on any atom is -0.322 e. The number of carbonyl (C=O) groups excluding carboxylic acids is 1. The molecule has 1 aliphatic rings. The molecule has 1 saturated heterocycles. The van der Waals surface area contributed by atoms with Crippen LogP contribution in [0.2, 0.25) is 5.02 Å². The summed E-state index contributed by atoms with van der Waals surface area (Å²) in [7, 11) is -1.15. The normalized spacial score (nSPS) is 15.7. The van der Waals surface area contributed by atoms with Gasteiger partial charge >= 0.3 is 0 Å². The Morgan fingerprint density at radius 3 is 2.73 bits per heavy atom. The standard InChI is InChI=1S/C25H19ClFN3O2S/c26-22-9-6-17(14-21(22)24-19-5-2-1-4-16(19)10-11-28-24)29-25(31)20-8-7-18(15-23(20)27)30-12-3-13-33(30)32/h1-2,4-11,14-15H,3,12-13H2,(H,29,31). The zero-order chi connectivity index (χ0) is 22.9. The zero-order valence-corrected chi connectivity index (χ0v) is 19.0. The Kier molecular flexibility index (Phi) is 5.83. The molecule has 1 unspecified atom stereocenters. The van der Waals surface area contributed by atoms with Gasteiger partial charge in [-0.05, 0) is 54.3 Å². The lowest BCUT2D eigenvalue weighted by Crippen LogP contribution is -2.20. The summed E-state index contributed by atoms with van der Waals surface area (Å²) in [6, 6.07) is 19.1. The Morgan fingerprint density at radius 2 is 1.94 bits per heavy atom. The van der Waals surface area contributed by atoms with E-state index in [1.807, 2.05) is 30.3 Å². The van der Waals surface area contributed by atoms with Crippen LogP contribution in [0.3, 0.4) is 0 Å². The fraction of sp³-hybridized carbons (Fsp3) is 0.120. The van der Waals surface area contributed by atoms with Crippen LogP contribution in [0, 0.1) is 5.82 Å². The fourth-order valence-corrected chi connectivity index (χ4v) is 5.44. The van der Waals surface area contributed by atoms with E-state index in [0.29, 0.717) is 40.0 Å². The molecule has 0 aliphatic carbocycles. The number of hydrogen-bond donors (Lipinski definition) is 1. The molecule has 0 saturated carbocycles. The van der Waals surface area contributed by atoms with Crippen LogP contribution < -0.4 is 9.62 Å². The van der Waals surface area contributed by atoms with Gasteiger partial charge in [-0.15, -0.1) is 0 Å². The van der Waals surface area contributed by atoms with Crippen LogP contribution in [-0.4, -0.2) is 27.4 Å². The number of halogens is 2. The molecule has 0 spiro atoms. The predicted molar refractivity (Wildman–Crippen MR) is 132 cm³/mol. The first-order valence-electron chi connectivity index (χ1n) is 10.4. The van der Waals surface area contributed by atoms with E-state index in [4.69, 9.17) is 11.6 Å². The molecule has 5 rings (SSSR count). The molecule has 166 valence electrons. The number of benzene rings is 3. The van der Waals surface area contributed by atoms with Crippen molar-refractivity contribution >= 4 is 50.6 Å². The Labute approximate surface area is 197 Å². The van der Waals surface area contributed by atoms with Gasteiger partial charge in [-0.3, -0.25) is 14.1 Å². The van der Waals surface area contributed by atoms with Gasteiger partial charge in [0.05, 0.1) is 22.0 Å². The van der Waals surface area contributed by atoms with Crippen molar-refractivity contribution in [2.24, 2.45) is 0 Å². The van der Waals surface area contributed by atoms with Crippen LogP contribution in [0.4, 0.5) is 15.8 Å². The molecule has 2 heterocycles. The fourth-order valence-electron chi connectivity index (χ4n) is 3.95. The maximum absolute atomic E-state index is 14.7. The summed E-state index contributed by atoms with van der Waals surface area (Å²) in [5.41, 5.74) is 2.25. The minimum absolute atomic E-state index is 0.0940. The van der Waals surface area contributed by atoms with Crippen molar-refractivity contribution in [3.05, 3.63) is 89.3 Å². The van der Waals surface area contributed by atoms with Gasteiger partial charge in [0.2, 0.25) is 0 Å². The highest BCUT2D eigenvalue weighted by atomic mass is 35.5. The Bertz CT molecular complexity index is 1410. The van der Waals surface area contributed by atoms with Crippen molar-refractivity contribution in [1.82, 2.24) is 4.98 Å². The first kappa shape index (κ1) is 21.6. The summed E-state index contributed by atoms with van der Waals surface area (Å²) in [6.07, 6.45) is 2.50. The molecule has 5 nitrogen and oxygen atoms in total. The van der Waals surface area contributed by atoms with Gasteiger partial charge in [0.15, 0.2) is 0 Å². The third-order valence-corrected chi connectivity index (χ3v) is 7.42. The molecule has 0 bridgehead atoms. The number of aromatic nitrogens is 1. The van der Waals surface area contributed by atoms with E-state index >= 15 is 0 Å². The lowest BCUT2D eigenvalue weighted by Gasteiger charge is -2.17. The van der Waals surface area contributed by atoms with Crippen LogP contribution in [0.25, 0.3) is 22.0 Å². The molecule has 1 fully saturated rings. The molecule has 33 heavy (non-hydrogen) atoms. The van der Waals surface area contributed by atoms with Gasteiger partial charge in [-0.25, -0.2) is 8.60 Å². The predicted octanol–water partition coefficient (Wildman–Crippen LogP) is 5.82. The van der Waals surface area contributed by atoms with E-state index in [9.17, 15) is 13.4 Å². The molecule has 0 radical (unpaired) electrons. The Hall–Kier alpha value is -3.29. The van der Waals surface area contributed by atoms with Gasteiger partial charge in [-0.1, -0.05) is 35.9 Å². The van der Waals surface area contributed by atoms with Crippen molar-refractivity contribution in [2.75, 3.05) is 21.9 Å². The summed E-state index contributed by atoms with van der Waals surface area (Å²) < 4.78 is 28.4. The Morgan fingerprint density at radius 1 is 1.09 bits per heavy atom. The second-order valence-electron chi connectivity index (χ2n) is 7.67. The number of carbonyl (C=O) groups is 1. The molecule has 1 aromatic heterocycles. The number of anilines is 2. The van der Waals surface area contributed by atoms with Crippen molar-refractivity contribution in [3.8, 4) is 11.3 Å². The average molecular weight is 480 g/mol. The minimum atomic E-state index is -1.15. The molecule has 1 aliphatic heterocycles. The highest BCUT2D eigenvalue weighted by molar-refractivity contribution is 7.86. The van der Waals surface area contributed by atoms with Crippen molar-refractivity contribution in [3.63, 3.8) is 0 Å². The van der Waals surface area contributed by atoms with E-state index in [2.05, 4.69) is 10.3 Å². The van der Waals surface area contributed by atoms with Gasteiger partial charge < -0.3 is 5.32 Å². The summed E-state index contributed by atoms with van der Waals surface area (Å²) in [5, 5.41) is 5.19. The second-order valence-corrected chi connectivity index (χ2v) is 9.57. The van der Waals surface area contributed by atoms with Crippen molar-refractivity contribution in [2.45, 2.75) is 6.42 Å². The zero-order valence-electron chi connectivity index (χ0n) is 17.4. The number of hydrogen-bond acceptors (Lipinski definition) is 3. The van der Waals surface area contributed by atoms with Crippen LogP contribution in [0.15, 0.2) is 72.9 Å². The lowest BCUT2D eigenvalue weighted by atomic mass is 10.0. The summed E-state index contributed by atoms with van der Waals surface area (Å²) >= 11 is 6.46. The highest BCUT2D eigenvalue weighted by Gasteiger charge is 2.22. The summed E-state index contributed by atoms with van der Waals surface area (Å²) in [6.45, 7) is 0.605. The first-order chi connectivity index (χ1) is 16.0. The van der Waals surface area contributed by atoms with Crippen LogP contribution in [0.1, 0.15) is 16.8 Å². The third-order valence-electron chi connectivity index (χ3n) is 5.56. The first-order valence-corrected chi connectivity index (χ1v) is 12.1. The molecule has 8 heteroatoms. The highest BCUT2D eigenvalue weighted by Crippen LogP contribution is 2.34. The molecule has 1 atom stereocenters.